The summed E-state index contributed by atoms with van der Waals surface area (Å²) in [5.41, 5.74) is 0.681. The molecule has 4 nitrogen and oxygen atoms in total. The first-order chi connectivity index (χ1) is 8.51. The number of nitrogens with one attached hydrogen (secondary N) is 1. The summed E-state index contributed by atoms with van der Waals surface area (Å²) in [6.07, 6.45) is 2.27. The van der Waals surface area contributed by atoms with Gasteiger partial charge in [-0.15, -0.1) is 0 Å². The molecule has 0 fully saturated rings. The van der Waals surface area contributed by atoms with Crippen molar-refractivity contribution in [3.8, 4) is 6.07 Å². The summed E-state index contributed by atoms with van der Waals surface area (Å²) in [7, 11) is 0. The number of carbonyl (C=O) groups is 1. The molecule has 1 aromatic heterocycles. The lowest BCUT2D eigenvalue weighted by Gasteiger charge is -2.24. The first-order valence-corrected chi connectivity index (χ1v) is 6.10. The lowest BCUT2D eigenvalue weighted by Crippen LogP contribution is -2.39. The lowest BCUT2D eigenvalue weighted by molar-refractivity contribution is -0.123. The molecule has 0 aliphatic heterocycles. The monoisotopic (exact) mass is 245 g/mol. The maximum Gasteiger partial charge on any atom is 0.237 e. The highest BCUT2D eigenvalue weighted by molar-refractivity contribution is 5.81. The molecule has 0 saturated carbocycles. The maximum absolute atomic E-state index is 11.7. The Labute approximate surface area is 108 Å². The molecular weight excluding hydrogens is 226 g/mol. The molecule has 0 bridgehead atoms. The number of hydrogen-bond donors (Lipinski definition) is 1. The fraction of sp³-hybridized carbons (Fsp3) is 0.500. The van der Waals surface area contributed by atoms with Crippen LogP contribution in [-0.4, -0.2) is 17.4 Å². The van der Waals surface area contributed by atoms with E-state index in [-0.39, 0.29) is 11.3 Å². The van der Waals surface area contributed by atoms with Gasteiger partial charge in [0.05, 0.1) is 6.07 Å². The number of pyridine rings is 1. The molecule has 96 valence electrons. The Morgan fingerprint density at radius 1 is 1.56 bits per heavy atom. The summed E-state index contributed by atoms with van der Waals surface area (Å²) in [5, 5.41) is 11.6. The second-order valence-corrected chi connectivity index (χ2v) is 4.91. The van der Waals surface area contributed by atoms with Crippen LogP contribution in [0.5, 0.6) is 0 Å². The van der Waals surface area contributed by atoms with Gasteiger partial charge in [0.1, 0.15) is 5.92 Å². The van der Waals surface area contributed by atoms with E-state index in [1.165, 1.54) is 0 Å². The summed E-state index contributed by atoms with van der Waals surface area (Å²) in [6.45, 7) is 6.34. The predicted octanol–water partition coefficient (Wildman–Crippen LogP) is 2.03. The van der Waals surface area contributed by atoms with Crippen LogP contribution in [0.15, 0.2) is 24.4 Å². The van der Waals surface area contributed by atoms with Gasteiger partial charge in [0.25, 0.3) is 0 Å². The second-order valence-electron chi connectivity index (χ2n) is 4.91. The van der Waals surface area contributed by atoms with E-state index in [4.69, 9.17) is 5.26 Å². The minimum atomic E-state index is -0.565. The third kappa shape index (κ3) is 3.56. The van der Waals surface area contributed by atoms with Crippen LogP contribution in [0.3, 0.4) is 0 Å². The number of nitriles is 1. The van der Waals surface area contributed by atoms with Crippen LogP contribution >= 0.6 is 0 Å². The van der Waals surface area contributed by atoms with Crippen molar-refractivity contribution in [2.24, 2.45) is 5.92 Å². The number of aromatic nitrogens is 1. The topological polar surface area (TPSA) is 65.8 Å². The summed E-state index contributed by atoms with van der Waals surface area (Å²) in [6, 6.07) is 7.73. The van der Waals surface area contributed by atoms with E-state index in [0.717, 1.165) is 5.69 Å². The van der Waals surface area contributed by atoms with Gasteiger partial charge in [0, 0.05) is 23.9 Å². The van der Waals surface area contributed by atoms with Gasteiger partial charge in [0.15, 0.2) is 0 Å². The molecular formula is C14H19N3O. The fourth-order valence-electron chi connectivity index (χ4n) is 1.62. The molecule has 0 spiro atoms. The number of amides is 1. The van der Waals surface area contributed by atoms with Gasteiger partial charge in [-0.2, -0.15) is 5.26 Å². The molecule has 0 saturated heterocycles. The van der Waals surface area contributed by atoms with E-state index >= 15 is 0 Å². The third-order valence-electron chi connectivity index (χ3n) is 2.94. The molecule has 0 radical (unpaired) electrons. The van der Waals surface area contributed by atoms with Crippen LogP contribution in [0.25, 0.3) is 0 Å². The quantitative estimate of drug-likeness (QED) is 0.863. The van der Waals surface area contributed by atoms with Crippen LogP contribution in [-0.2, 0) is 10.2 Å². The fourth-order valence-corrected chi connectivity index (χ4v) is 1.62. The molecule has 1 rings (SSSR count). The van der Waals surface area contributed by atoms with Crippen molar-refractivity contribution in [2.45, 2.75) is 32.6 Å². The zero-order valence-corrected chi connectivity index (χ0v) is 11.1. The Hall–Kier alpha value is -1.89. The van der Waals surface area contributed by atoms with Crippen molar-refractivity contribution in [3.63, 3.8) is 0 Å². The molecule has 1 unspecified atom stereocenters. The molecule has 0 aromatic carbocycles. The standard InChI is InChI=1S/C14H19N3O/c1-4-11(9-15)13(18)17-10-14(2,3)12-7-5-6-8-16-12/h5-8,11H,4,10H2,1-3H3,(H,17,18). The summed E-state index contributed by atoms with van der Waals surface area (Å²) >= 11 is 0. The molecule has 18 heavy (non-hydrogen) atoms. The predicted molar refractivity (Wildman–Crippen MR) is 69.7 cm³/mol. The number of carbonyl (C=O) groups excluding carboxylic acids is 1. The van der Waals surface area contributed by atoms with Crippen LogP contribution < -0.4 is 5.32 Å². The van der Waals surface area contributed by atoms with Crippen molar-refractivity contribution in [3.05, 3.63) is 30.1 Å². The lowest BCUT2D eigenvalue weighted by atomic mass is 9.88. The van der Waals surface area contributed by atoms with E-state index in [1.807, 2.05) is 45.0 Å². The van der Waals surface area contributed by atoms with E-state index in [2.05, 4.69) is 10.3 Å². The van der Waals surface area contributed by atoms with Gasteiger partial charge in [-0.1, -0.05) is 26.8 Å². The third-order valence-corrected chi connectivity index (χ3v) is 2.94. The first-order valence-electron chi connectivity index (χ1n) is 6.10. The molecule has 1 atom stereocenters. The second kappa shape index (κ2) is 6.15. The van der Waals surface area contributed by atoms with E-state index in [1.54, 1.807) is 6.20 Å². The van der Waals surface area contributed by atoms with E-state index < -0.39 is 5.92 Å². The highest BCUT2D eigenvalue weighted by Gasteiger charge is 2.24. The average Bonchev–Trinajstić information content (AvgIpc) is 2.39. The number of nitrogens with zero attached hydrogens (tertiary/aromatic N) is 2. The Morgan fingerprint density at radius 3 is 2.78 bits per heavy atom. The smallest absolute Gasteiger partial charge is 0.237 e. The Morgan fingerprint density at radius 2 is 2.28 bits per heavy atom. The van der Waals surface area contributed by atoms with Crippen molar-refractivity contribution >= 4 is 5.91 Å². The van der Waals surface area contributed by atoms with Crippen LogP contribution in [0.4, 0.5) is 0 Å². The van der Waals surface area contributed by atoms with Gasteiger partial charge < -0.3 is 5.32 Å². The summed E-state index contributed by atoms with van der Waals surface area (Å²) < 4.78 is 0. The van der Waals surface area contributed by atoms with Gasteiger partial charge in [-0.25, -0.2) is 0 Å². The molecule has 0 aliphatic rings. The minimum Gasteiger partial charge on any atom is -0.354 e. The van der Waals surface area contributed by atoms with E-state index in [9.17, 15) is 4.79 Å². The van der Waals surface area contributed by atoms with E-state index in [0.29, 0.717) is 13.0 Å². The maximum atomic E-state index is 11.7. The van der Waals surface area contributed by atoms with Crippen molar-refractivity contribution in [1.29, 1.82) is 5.26 Å². The van der Waals surface area contributed by atoms with Gasteiger partial charge in [0.2, 0.25) is 5.91 Å². The van der Waals surface area contributed by atoms with Crippen molar-refractivity contribution in [2.75, 3.05) is 6.54 Å². The SMILES string of the molecule is CCC(C#N)C(=O)NCC(C)(C)c1ccccn1. The summed E-state index contributed by atoms with van der Waals surface area (Å²) in [4.78, 5) is 16.0. The zero-order chi connectivity index (χ0) is 13.6. The molecule has 1 amide bonds. The highest BCUT2D eigenvalue weighted by Crippen LogP contribution is 2.19. The molecule has 0 aliphatic carbocycles. The Kier molecular flexibility index (Phi) is 4.85. The van der Waals surface area contributed by atoms with Crippen molar-refractivity contribution < 1.29 is 4.79 Å². The average molecular weight is 245 g/mol. The Bertz CT molecular complexity index is 434. The zero-order valence-electron chi connectivity index (χ0n) is 11.1. The highest BCUT2D eigenvalue weighted by atomic mass is 16.1. The first kappa shape index (κ1) is 14.2. The summed E-state index contributed by atoms with van der Waals surface area (Å²) in [5.74, 6) is -0.770. The van der Waals surface area contributed by atoms with Crippen LogP contribution in [0.1, 0.15) is 32.9 Å². The largest absolute Gasteiger partial charge is 0.354 e. The molecule has 1 heterocycles. The molecule has 1 N–H and O–H groups in total. The van der Waals surface area contributed by atoms with Gasteiger partial charge in [-0.3, -0.25) is 9.78 Å². The normalized spacial score (nSPS) is 12.6. The molecule has 4 heteroatoms. The number of hydrogen-bond acceptors (Lipinski definition) is 3. The Balaban J connectivity index is 2.63. The van der Waals surface area contributed by atoms with Gasteiger partial charge >= 0.3 is 0 Å². The minimum absolute atomic E-state index is 0.205. The number of rotatable bonds is 5. The van der Waals surface area contributed by atoms with Crippen molar-refractivity contribution in [1.82, 2.24) is 10.3 Å². The molecule has 1 aromatic rings. The van der Waals surface area contributed by atoms with Crippen LogP contribution in [0, 0.1) is 17.2 Å². The van der Waals surface area contributed by atoms with Crippen LogP contribution in [0.2, 0.25) is 0 Å². The van der Waals surface area contributed by atoms with Gasteiger partial charge in [-0.05, 0) is 18.6 Å².